The average molecular weight is 484 g/mol. The van der Waals surface area contributed by atoms with Gasteiger partial charge in [0, 0.05) is 17.3 Å². The third-order valence-electron chi connectivity index (χ3n) is 9.45. The Bertz CT molecular complexity index is 939. The minimum Gasteiger partial charge on any atom is -0.392 e. The molecule has 1 heterocycles. The quantitative estimate of drug-likeness (QED) is 0.514. The van der Waals surface area contributed by atoms with Gasteiger partial charge in [0.15, 0.2) is 0 Å². The molecule has 7 atom stereocenters. The minimum absolute atomic E-state index is 0.0234. The lowest BCUT2D eigenvalue weighted by molar-refractivity contribution is -0.144. The second-order valence-electron chi connectivity index (χ2n) is 11.8. The van der Waals surface area contributed by atoms with Crippen LogP contribution in [0.3, 0.4) is 0 Å². The molecule has 1 aliphatic heterocycles. The van der Waals surface area contributed by atoms with Crippen molar-refractivity contribution < 1.29 is 28.2 Å². The molecule has 2 bridgehead atoms. The molecule has 188 valence electrons. The summed E-state index contributed by atoms with van der Waals surface area (Å²) in [5, 5.41) is 21.5. The van der Waals surface area contributed by atoms with Gasteiger partial charge < -0.3 is 10.2 Å². The summed E-state index contributed by atoms with van der Waals surface area (Å²) >= 11 is 0. The number of carbonyl (C=O) groups is 2. The maximum atomic E-state index is 13.3. The van der Waals surface area contributed by atoms with Gasteiger partial charge in [-0.05, 0) is 37.5 Å². The summed E-state index contributed by atoms with van der Waals surface area (Å²) in [7, 11) is -3.78. The van der Waals surface area contributed by atoms with E-state index in [1.807, 2.05) is 26.0 Å². The largest absolute Gasteiger partial charge is 0.392 e. The van der Waals surface area contributed by atoms with E-state index < -0.39 is 51.3 Å². The number of rotatable bonds is 8. The van der Waals surface area contributed by atoms with Crippen LogP contribution in [0.4, 0.5) is 0 Å². The zero-order valence-electron chi connectivity index (χ0n) is 21.0. The van der Waals surface area contributed by atoms with Crippen LogP contribution in [0, 0.1) is 34.0 Å². The molecule has 1 spiro atoms. The van der Waals surface area contributed by atoms with Crippen molar-refractivity contribution in [2.45, 2.75) is 92.4 Å². The van der Waals surface area contributed by atoms with Gasteiger partial charge >= 0.3 is 0 Å². The second-order valence-corrected chi connectivity index (χ2v) is 13.6. The van der Waals surface area contributed by atoms with E-state index in [1.165, 1.54) is 0 Å². The number of nitrogens with zero attached hydrogens (tertiary/aromatic N) is 1. The SMILES string of the molecule is C/C=C/[C@H](C)[C@H](O)[C@@H](C)C(=O)C(C)(C)[C@@H](O)CC(=O)N1C2CC3CCC2(CS1(=O)=O)C3(C)C. The van der Waals surface area contributed by atoms with Crippen LogP contribution < -0.4 is 0 Å². The van der Waals surface area contributed by atoms with E-state index in [0.29, 0.717) is 12.3 Å². The van der Waals surface area contributed by atoms with E-state index >= 15 is 0 Å². The molecule has 0 aromatic heterocycles. The Balaban J connectivity index is 1.77. The fourth-order valence-corrected chi connectivity index (χ4v) is 9.47. The van der Waals surface area contributed by atoms with Gasteiger partial charge in [-0.25, -0.2) is 12.7 Å². The minimum atomic E-state index is -3.78. The molecule has 2 saturated carbocycles. The van der Waals surface area contributed by atoms with Gasteiger partial charge in [0.25, 0.3) is 0 Å². The van der Waals surface area contributed by atoms with Crippen LogP contribution in [0.15, 0.2) is 12.2 Å². The average Bonchev–Trinajstić information content (AvgIpc) is 3.19. The second kappa shape index (κ2) is 8.45. The number of aliphatic hydroxyl groups is 2. The number of allylic oxidation sites excluding steroid dienone is 1. The topological polar surface area (TPSA) is 112 Å². The predicted molar refractivity (Wildman–Crippen MR) is 127 cm³/mol. The van der Waals surface area contributed by atoms with Crippen LogP contribution in [-0.4, -0.2) is 58.6 Å². The Morgan fingerprint density at radius 3 is 2.36 bits per heavy atom. The number of amides is 1. The molecule has 2 N–H and O–H groups in total. The molecule has 3 unspecified atom stereocenters. The molecule has 3 rings (SSSR count). The number of aliphatic hydroxyl groups excluding tert-OH is 2. The molecule has 7 nitrogen and oxygen atoms in total. The lowest BCUT2D eigenvalue weighted by atomic mass is 9.69. The Hall–Kier alpha value is -1.25. The normalized spacial score (nSPS) is 33.7. The van der Waals surface area contributed by atoms with E-state index in [9.17, 15) is 28.2 Å². The first-order valence-electron chi connectivity index (χ1n) is 12.1. The van der Waals surface area contributed by atoms with Crippen LogP contribution in [0.1, 0.15) is 74.1 Å². The molecule has 0 radical (unpaired) electrons. The number of hydrogen-bond donors (Lipinski definition) is 2. The van der Waals surface area contributed by atoms with Crippen LogP contribution >= 0.6 is 0 Å². The number of carbonyl (C=O) groups excluding carboxylic acids is 2. The van der Waals surface area contributed by atoms with Crippen molar-refractivity contribution in [1.29, 1.82) is 0 Å². The van der Waals surface area contributed by atoms with E-state index in [2.05, 4.69) is 13.8 Å². The third-order valence-corrected chi connectivity index (χ3v) is 11.4. The summed E-state index contributed by atoms with van der Waals surface area (Å²) in [5.41, 5.74) is -1.90. The van der Waals surface area contributed by atoms with Gasteiger partial charge in [0.05, 0.1) is 35.8 Å². The molecule has 33 heavy (non-hydrogen) atoms. The van der Waals surface area contributed by atoms with Gasteiger partial charge in [0.1, 0.15) is 5.78 Å². The molecule has 0 aromatic rings. The van der Waals surface area contributed by atoms with Crippen molar-refractivity contribution in [2.24, 2.45) is 34.0 Å². The van der Waals surface area contributed by atoms with Gasteiger partial charge in [-0.1, -0.05) is 53.7 Å². The highest BCUT2D eigenvalue weighted by Gasteiger charge is 2.72. The van der Waals surface area contributed by atoms with Crippen LogP contribution in [0.25, 0.3) is 0 Å². The molecule has 1 saturated heterocycles. The van der Waals surface area contributed by atoms with Crippen molar-refractivity contribution in [3.05, 3.63) is 12.2 Å². The molecule has 1 amide bonds. The molecule has 3 aliphatic rings. The summed E-state index contributed by atoms with van der Waals surface area (Å²) in [6.45, 7) is 12.6. The van der Waals surface area contributed by atoms with E-state index in [1.54, 1.807) is 20.8 Å². The third kappa shape index (κ3) is 3.90. The Morgan fingerprint density at radius 2 is 1.82 bits per heavy atom. The monoisotopic (exact) mass is 483 g/mol. The van der Waals surface area contributed by atoms with Crippen molar-refractivity contribution in [3.63, 3.8) is 0 Å². The number of hydrogen-bond acceptors (Lipinski definition) is 6. The zero-order valence-corrected chi connectivity index (χ0v) is 21.9. The molecule has 3 fully saturated rings. The maximum Gasteiger partial charge on any atom is 0.238 e. The first kappa shape index (κ1) is 26.4. The van der Waals surface area contributed by atoms with Crippen molar-refractivity contribution in [1.82, 2.24) is 4.31 Å². The fraction of sp³-hybridized carbons (Fsp3) is 0.840. The summed E-state index contributed by atoms with van der Waals surface area (Å²) < 4.78 is 27.3. The number of fused-ring (bicyclic) bond motifs is 1. The maximum absolute atomic E-state index is 13.3. The highest BCUT2D eigenvalue weighted by atomic mass is 32.2. The van der Waals surface area contributed by atoms with Crippen molar-refractivity contribution >= 4 is 21.7 Å². The standard InChI is InChI=1S/C25H41NO6S/c1-8-9-15(2)21(29)16(3)22(30)23(4,5)19(27)13-20(28)26-18-12-17-10-11-25(18,24(17,6)7)14-33(26,31)32/h8-9,15-19,21,27,29H,10-14H2,1-7H3/b9-8+/t15-,16+,17?,18?,19-,21-,25?/m0/s1. The Morgan fingerprint density at radius 1 is 1.21 bits per heavy atom. The number of Topliss-reactive ketones (excluding diaryl/α,β-unsaturated/α-hetero) is 1. The predicted octanol–water partition coefficient (Wildman–Crippen LogP) is 2.91. The Kier molecular flexibility index (Phi) is 6.75. The summed E-state index contributed by atoms with van der Waals surface area (Å²) in [6.07, 6.45) is 3.34. The van der Waals surface area contributed by atoms with Gasteiger partial charge in [-0.15, -0.1) is 0 Å². The van der Waals surface area contributed by atoms with Crippen LogP contribution in [0.5, 0.6) is 0 Å². The first-order valence-corrected chi connectivity index (χ1v) is 13.7. The first-order chi connectivity index (χ1) is 15.0. The highest BCUT2D eigenvalue weighted by molar-refractivity contribution is 7.90. The van der Waals surface area contributed by atoms with Crippen LogP contribution in [-0.2, 0) is 19.6 Å². The van der Waals surface area contributed by atoms with Crippen molar-refractivity contribution in [2.75, 3.05) is 5.75 Å². The van der Waals surface area contributed by atoms with Crippen LogP contribution in [0.2, 0.25) is 0 Å². The molecule has 8 heteroatoms. The van der Waals surface area contributed by atoms with E-state index in [4.69, 9.17) is 0 Å². The lowest BCUT2D eigenvalue weighted by Crippen LogP contribution is -2.48. The smallest absolute Gasteiger partial charge is 0.238 e. The lowest BCUT2D eigenvalue weighted by Gasteiger charge is -2.37. The summed E-state index contributed by atoms with van der Waals surface area (Å²) in [6, 6.07) is -0.364. The van der Waals surface area contributed by atoms with E-state index in [-0.39, 0.29) is 28.9 Å². The zero-order chi connectivity index (χ0) is 25.1. The highest BCUT2D eigenvalue weighted by Crippen LogP contribution is 2.70. The summed E-state index contributed by atoms with van der Waals surface area (Å²) in [4.78, 5) is 26.5. The van der Waals surface area contributed by atoms with Gasteiger partial charge in [-0.2, -0.15) is 0 Å². The van der Waals surface area contributed by atoms with E-state index in [0.717, 1.165) is 17.1 Å². The molecule has 0 aromatic carbocycles. The summed E-state index contributed by atoms with van der Waals surface area (Å²) in [5.74, 6) is -1.61. The Labute approximate surface area is 198 Å². The van der Waals surface area contributed by atoms with Crippen molar-refractivity contribution in [3.8, 4) is 0 Å². The fourth-order valence-electron chi connectivity index (χ4n) is 6.91. The molecule has 2 aliphatic carbocycles. The molecular formula is C25H41NO6S. The number of sulfonamides is 1. The molecular weight excluding hydrogens is 442 g/mol. The number of ketones is 1. The van der Waals surface area contributed by atoms with Gasteiger partial charge in [0.2, 0.25) is 15.9 Å². The van der Waals surface area contributed by atoms with Gasteiger partial charge in [-0.3, -0.25) is 9.59 Å².